The molecule has 8 nitrogen and oxygen atoms in total. The van der Waals surface area contributed by atoms with Crippen LogP contribution >= 0.6 is 0 Å². The molecule has 8 heteroatoms. The Hall–Kier alpha value is -4.04. The molecule has 0 radical (unpaired) electrons. The monoisotopic (exact) mass is 431 g/mol. The number of nitrogens with one attached hydrogen (secondary N) is 1. The van der Waals surface area contributed by atoms with Gasteiger partial charge in [-0.1, -0.05) is 0 Å². The second kappa shape index (κ2) is 11.4. The molecule has 1 aliphatic rings. The molecule has 1 saturated heterocycles. The maximum absolute atomic E-state index is 12.4. The molecule has 0 aromatic heterocycles. The van der Waals surface area contributed by atoms with Crippen molar-refractivity contribution in [3.8, 4) is 17.9 Å². The van der Waals surface area contributed by atoms with Gasteiger partial charge in [-0.15, -0.1) is 0 Å². The van der Waals surface area contributed by atoms with Gasteiger partial charge in [-0.25, -0.2) is 0 Å². The van der Waals surface area contributed by atoms with Gasteiger partial charge in [-0.05, 0) is 61.4 Å². The van der Waals surface area contributed by atoms with Crippen LogP contribution in [-0.2, 0) is 9.59 Å². The molecule has 0 aliphatic carbocycles. The van der Waals surface area contributed by atoms with Gasteiger partial charge < -0.3 is 19.9 Å². The second-order valence-electron chi connectivity index (χ2n) is 7.39. The van der Waals surface area contributed by atoms with E-state index in [1.165, 1.54) is 0 Å². The zero-order chi connectivity index (χ0) is 22.8. The average Bonchev–Trinajstić information content (AvgIpc) is 2.84. The third-order valence-corrected chi connectivity index (χ3v) is 5.17. The normalized spacial score (nSPS) is 13.4. The van der Waals surface area contributed by atoms with Crippen molar-refractivity contribution in [2.24, 2.45) is 0 Å². The highest BCUT2D eigenvalue weighted by atomic mass is 16.5. The molecule has 1 fully saturated rings. The van der Waals surface area contributed by atoms with E-state index in [-0.39, 0.29) is 0 Å². The van der Waals surface area contributed by atoms with E-state index in [0.29, 0.717) is 62.6 Å². The SMILES string of the molecule is N#Cc1ccc(NCCCN2CCN(CCCOc3ccc(C#N)cc3)C(=O)C2=O)cc1. The van der Waals surface area contributed by atoms with Crippen LogP contribution in [0.15, 0.2) is 48.5 Å². The largest absolute Gasteiger partial charge is 0.494 e. The van der Waals surface area contributed by atoms with Crippen molar-refractivity contribution in [2.75, 3.05) is 44.6 Å². The molecule has 0 spiro atoms. The van der Waals surface area contributed by atoms with Crippen LogP contribution in [0.5, 0.6) is 5.75 Å². The van der Waals surface area contributed by atoms with E-state index in [2.05, 4.69) is 17.5 Å². The maximum Gasteiger partial charge on any atom is 0.312 e. The summed E-state index contributed by atoms with van der Waals surface area (Å²) in [5.41, 5.74) is 2.10. The highest BCUT2D eigenvalue weighted by Crippen LogP contribution is 2.13. The lowest BCUT2D eigenvalue weighted by Crippen LogP contribution is -2.54. The van der Waals surface area contributed by atoms with E-state index >= 15 is 0 Å². The summed E-state index contributed by atoms with van der Waals surface area (Å²) in [7, 11) is 0. The molecule has 1 heterocycles. The molecule has 0 atom stereocenters. The highest BCUT2D eigenvalue weighted by molar-refractivity contribution is 6.35. The Morgan fingerprint density at radius 3 is 1.91 bits per heavy atom. The Kier molecular flexibility index (Phi) is 8.05. The summed E-state index contributed by atoms with van der Waals surface area (Å²) in [5, 5.41) is 20.9. The first-order valence-electron chi connectivity index (χ1n) is 10.6. The first-order chi connectivity index (χ1) is 15.6. The predicted octanol–water partition coefficient (Wildman–Crippen LogP) is 2.37. The van der Waals surface area contributed by atoms with Crippen molar-refractivity contribution in [3.63, 3.8) is 0 Å². The van der Waals surface area contributed by atoms with Crippen molar-refractivity contribution in [3.05, 3.63) is 59.7 Å². The summed E-state index contributed by atoms with van der Waals surface area (Å²) in [5.74, 6) is -0.247. The number of benzene rings is 2. The molecule has 0 unspecified atom stereocenters. The fourth-order valence-corrected chi connectivity index (χ4v) is 3.38. The number of carbonyl (C=O) groups excluding carboxylic acids is 2. The van der Waals surface area contributed by atoms with E-state index in [9.17, 15) is 9.59 Å². The second-order valence-corrected chi connectivity index (χ2v) is 7.39. The number of ether oxygens (including phenoxy) is 1. The first-order valence-corrected chi connectivity index (χ1v) is 10.6. The topological polar surface area (TPSA) is 109 Å². The number of piperazine rings is 1. The van der Waals surface area contributed by atoms with Gasteiger partial charge in [0.25, 0.3) is 0 Å². The van der Waals surface area contributed by atoms with Gasteiger partial charge in [0.15, 0.2) is 0 Å². The smallest absolute Gasteiger partial charge is 0.312 e. The molecule has 3 rings (SSSR count). The maximum atomic E-state index is 12.4. The molecule has 164 valence electrons. The highest BCUT2D eigenvalue weighted by Gasteiger charge is 2.31. The van der Waals surface area contributed by atoms with Gasteiger partial charge in [0.1, 0.15) is 5.75 Å². The average molecular weight is 431 g/mol. The van der Waals surface area contributed by atoms with Crippen molar-refractivity contribution >= 4 is 17.5 Å². The van der Waals surface area contributed by atoms with Crippen molar-refractivity contribution in [2.45, 2.75) is 12.8 Å². The predicted molar refractivity (Wildman–Crippen MR) is 119 cm³/mol. The van der Waals surface area contributed by atoms with Crippen LogP contribution in [0.4, 0.5) is 5.69 Å². The zero-order valence-corrected chi connectivity index (χ0v) is 17.8. The van der Waals surface area contributed by atoms with Crippen molar-refractivity contribution in [1.82, 2.24) is 9.80 Å². The summed E-state index contributed by atoms with van der Waals surface area (Å²) in [6, 6.07) is 18.2. The zero-order valence-electron chi connectivity index (χ0n) is 17.8. The van der Waals surface area contributed by atoms with Crippen LogP contribution in [0.25, 0.3) is 0 Å². The summed E-state index contributed by atoms with van der Waals surface area (Å²) < 4.78 is 5.63. The first kappa shape index (κ1) is 22.6. The van der Waals surface area contributed by atoms with E-state index < -0.39 is 11.8 Å². The molecular formula is C24H25N5O3. The van der Waals surface area contributed by atoms with Crippen LogP contribution < -0.4 is 10.1 Å². The van der Waals surface area contributed by atoms with Crippen LogP contribution in [0.2, 0.25) is 0 Å². The Labute approximate surface area is 187 Å². The molecule has 0 bridgehead atoms. The van der Waals surface area contributed by atoms with Gasteiger partial charge in [-0.2, -0.15) is 10.5 Å². The Balaban J connectivity index is 1.33. The van der Waals surface area contributed by atoms with E-state index in [1.807, 2.05) is 12.1 Å². The van der Waals surface area contributed by atoms with E-state index in [4.69, 9.17) is 15.3 Å². The number of hydrogen-bond acceptors (Lipinski definition) is 6. The van der Waals surface area contributed by atoms with Crippen LogP contribution in [0.1, 0.15) is 24.0 Å². The lowest BCUT2D eigenvalue weighted by atomic mass is 10.2. The molecule has 2 amide bonds. The van der Waals surface area contributed by atoms with Crippen LogP contribution in [-0.4, -0.2) is 60.9 Å². The third kappa shape index (κ3) is 6.23. The van der Waals surface area contributed by atoms with Crippen molar-refractivity contribution < 1.29 is 14.3 Å². The number of amides is 2. The third-order valence-electron chi connectivity index (χ3n) is 5.17. The van der Waals surface area contributed by atoms with Gasteiger partial charge in [0.2, 0.25) is 0 Å². The summed E-state index contributed by atoms with van der Waals surface area (Å²) in [6.45, 7) is 3.12. The van der Waals surface area contributed by atoms with E-state index in [0.717, 1.165) is 12.1 Å². The quantitative estimate of drug-likeness (QED) is 0.457. The number of anilines is 1. The lowest BCUT2D eigenvalue weighted by molar-refractivity contribution is -0.156. The lowest BCUT2D eigenvalue weighted by Gasteiger charge is -2.33. The summed E-state index contributed by atoms with van der Waals surface area (Å²) in [6.07, 6.45) is 1.34. The van der Waals surface area contributed by atoms with Gasteiger partial charge >= 0.3 is 11.8 Å². The molecule has 2 aromatic carbocycles. The Morgan fingerprint density at radius 2 is 1.34 bits per heavy atom. The molecule has 2 aromatic rings. The van der Waals surface area contributed by atoms with Gasteiger partial charge in [0.05, 0.1) is 29.9 Å². The number of carbonyl (C=O) groups is 2. The molecule has 1 N–H and O–H groups in total. The minimum absolute atomic E-state index is 0.425. The summed E-state index contributed by atoms with van der Waals surface area (Å²) >= 11 is 0. The minimum Gasteiger partial charge on any atom is -0.494 e. The number of nitriles is 2. The van der Waals surface area contributed by atoms with Crippen LogP contribution in [0, 0.1) is 22.7 Å². The molecule has 1 aliphatic heterocycles. The number of rotatable bonds is 10. The number of nitrogens with zero attached hydrogens (tertiary/aromatic N) is 4. The standard InChI is InChI=1S/C24H25N5O3/c25-17-19-3-7-21(8-4-19)27-11-1-12-28-14-15-29(24(31)23(28)30)13-2-16-32-22-9-5-20(18-26)6-10-22/h3-10,27H,1-2,11-16H2. The molecule has 0 saturated carbocycles. The minimum atomic E-state index is -0.463. The fraction of sp³-hybridized carbons (Fsp3) is 0.333. The van der Waals surface area contributed by atoms with Gasteiger partial charge in [0, 0.05) is 38.4 Å². The van der Waals surface area contributed by atoms with Crippen molar-refractivity contribution in [1.29, 1.82) is 10.5 Å². The Morgan fingerprint density at radius 1 is 0.812 bits per heavy atom. The van der Waals surface area contributed by atoms with Crippen LogP contribution in [0.3, 0.4) is 0 Å². The molecule has 32 heavy (non-hydrogen) atoms. The Bertz CT molecular complexity index is 922. The summed E-state index contributed by atoms with van der Waals surface area (Å²) in [4.78, 5) is 28.0. The molecular weight excluding hydrogens is 406 g/mol. The fourth-order valence-electron chi connectivity index (χ4n) is 3.38. The van der Waals surface area contributed by atoms with Gasteiger partial charge in [-0.3, -0.25) is 9.59 Å². The van der Waals surface area contributed by atoms with E-state index in [1.54, 1.807) is 46.2 Å². The number of hydrogen-bond donors (Lipinski definition) is 1.